The van der Waals surface area contributed by atoms with Crippen LogP contribution in [-0.4, -0.2) is 5.78 Å². The first-order valence-corrected chi connectivity index (χ1v) is 4.94. The van der Waals surface area contributed by atoms with Gasteiger partial charge in [0.05, 0.1) is 0 Å². The van der Waals surface area contributed by atoms with Gasteiger partial charge in [0.2, 0.25) is 0 Å². The Hall–Kier alpha value is -0.540. The van der Waals surface area contributed by atoms with Crippen LogP contribution in [0.3, 0.4) is 0 Å². The minimum Gasteiger partial charge on any atom is -0.399 e. The third-order valence-corrected chi connectivity index (χ3v) is 2.91. The maximum atomic E-state index is 11.0. The smallest absolute Gasteiger partial charge is 0.152 e. The zero-order valence-electron chi connectivity index (χ0n) is 7.05. The van der Waals surface area contributed by atoms with Crippen LogP contribution in [0.5, 0.6) is 0 Å². The molecule has 0 radical (unpaired) electrons. The van der Waals surface area contributed by atoms with Crippen LogP contribution in [0.1, 0.15) is 17.9 Å². The van der Waals surface area contributed by atoms with E-state index in [0.717, 1.165) is 4.47 Å². The van der Waals surface area contributed by atoms with Gasteiger partial charge in [0, 0.05) is 10.2 Å². The second kappa shape index (κ2) is 4.11. The van der Waals surface area contributed by atoms with Crippen LogP contribution in [-0.2, 0) is 4.79 Å². The monoisotopic (exact) mass is 261 g/mol. The van der Waals surface area contributed by atoms with Crippen LogP contribution >= 0.6 is 27.5 Å². The maximum Gasteiger partial charge on any atom is 0.152 e. The van der Waals surface area contributed by atoms with E-state index in [1.54, 1.807) is 18.2 Å². The molecule has 0 fully saturated rings. The molecule has 0 aliphatic rings. The molecule has 0 saturated heterocycles. The summed E-state index contributed by atoms with van der Waals surface area (Å²) in [4.78, 5) is 11.0. The summed E-state index contributed by atoms with van der Waals surface area (Å²) in [5.74, 6) is -0.0898. The number of alkyl halides is 1. The Balaban J connectivity index is 3.12. The molecule has 1 atom stereocenters. The topological polar surface area (TPSA) is 43.1 Å². The first kappa shape index (κ1) is 10.5. The highest BCUT2D eigenvalue weighted by Gasteiger charge is 2.15. The van der Waals surface area contributed by atoms with Gasteiger partial charge in [0.1, 0.15) is 5.38 Å². The molecule has 0 bridgehead atoms. The molecular weight excluding hydrogens is 253 g/mol. The zero-order chi connectivity index (χ0) is 10.0. The van der Waals surface area contributed by atoms with Crippen molar-refractivity contribution in [1.29, 1.82) is 0 Å². The van der Waals surface area contributed by atoms with E-state index in [2.05, 4.69) is 15.9 Å². The molecule has 1 aromatic carbocycles. The molecule has 1 aromatic rings. The van der Waals surface area contributed by atoms with E-state index in [9.17, 15) is 4.79 Å². The molecule has 4 heteroatoms. The van der Waals surface area contributed by atoms with Gasteiger partial charge in [-0.1, -0.05) is 15.9 Å². The van der Waals surface area contributed by atoms with Crippen molar-refractivity contribution in [2.24, 2.45) is 0 Å². The number of hydrogen-bond acceptors (Lipinski definition) is 2. The fourth-order valence-electron chi connectivity index (χ4n) is 0.975. The van der Waals surface area contributed by atoms with E-state index >= 15 is 0 Å². The van der Waals surface area contributed by atoms with Gasteiger partial charge in [-0.15, -0.1) is 11.6 Å². The lowest BCUT2D eigenvalue weighted by Crippen LogP contribution is -2.03. The summed E-state index contributed by atoms with van der Waals surface area (Å²) < 4.78 is 0.803. The molecular formula is C9H9BrClNO. The number of nitrogen functional groups attached to an aromatic ring is 1. The third kappa shape index (κ3) is 2.45. The molecule has 0 aliphatic heterocycles. The highest BCUT2D eigenvalue weighted by atomic mass is 79.9. The second-order valence-corrected chi connectivity index (χ2v) is 4.04. The Morgan fingerprint density at radius 3 is 2.77 bits per heavy atom. The first-order chi connectivity index (χ1) is 6.02. The highest BCUT2D eigenvalue weighted by Crippen LogP contribution is 2.30. The SMILES string of the molecule is CC(=O)C(Cl)c1cc(N)ccc1Br. The Morgan fingerprint density at radius 2 is 2.23 bits per heavy atom. The number of rotatable bonds is 2. The number of hydrogen-bond donors (Lipinski definition) is 1. The van der Waals surface area contributed by atoms with Crippen molar-refractivity contribution in [3.8, 4) is 0 Å². The van der Waals surface area contributed by atoms with Gasteiger partial charge in [-0.25, -0.2) is 0 Å². The van der Waals surface area contributed by atoms with Crippen molar-refractivity contribution in [2.75, 3.05) is 5.73 Å². The van der Waals surface area contributed by atoms with Gasteiger partial charge in [0.15, 0.2) is 5.78 Å². The molecule has 1 unspecified atom stereocenters. The van der Waals surface area contributed by atoms with Crippen molar-refractivity contribution in [3.63, 3.8) is 0 Å². The molecule has 0 saturated carbocycles. The Labute approximate surface area is 90.2 Å². The number of benzene rings is 1. The van der Waals surface area contributed by atoms with Crippen LogP contribution in [0.25, 0.3) is 0 Å². The van der Waals surface area contributed by atoms with E-state index in [4.69, 9.17) is 17.3 Å². The van der Waals surface area contributed by atoms with Crippen molar-refractivity contribution in [3.05, 3.63) is 28.2 Å². The summed E-state index contributed by atoms with van der Waals surface area (Å²) >= 11 is 9.19. The third-order valence-electron chi connectivity index (χ3n) is 1.65. The molecule has 0 aromatic heterocycles. The lowest BCUT2D eigenvalue weighted by Gasteiger charge is -2.08. The summed E-state index contributed by atoms with van der Waals surface area (Å²) in [5, 5.41) is -0.627. The molecule has 2 nitrogen and oxygen atoms in total. The quantitative estimate of drug-likeness (QED) is 0.658. The van der Waals surface area contributed by atoms with Gasteiger partial charge in [-0.3, -0.25) is 4.79 Å². The van der Waals surface area contributed by atoms with Gasteiger partial charge in [-0.05, 0) is 30.7 Å². The average Bonchev–Trinajstić information content (AvgIpc) is 2.08. The fourth-order valence-corrected chi connectivity index (χ4v) is 1.76. The summed E-state index contributed by atoms with van der Waals surface area (Å²) in [6, 6.07) is 5.23. The van der Waals surface area contributed by atoms with Crippen molar-refractivity contribution < 1.29 is 4.79 Å². The average molecular weight is 263 g/mol. The van der Waals surface area contributed by atoms with Gasteiger partial charge in [0.25, 0.3) is 0 Å². The fraction of sp³-hybridized carbons (Fsp3) is 0.222. The van der Waals surface area contributed by atoms with Crippen LogP contribution in [0, 0.1) is 0 Å². The Kier molecular flexibility index (Phi) is 3.33. The lowest BCUT2D eigenvalue weighted by molar-refractivity contribution is -0.116. The Bertz CT molecular complexity index is 340. The highest BCUT2D eigenvalue weighted by molar-refractivity contribution is 9.10. The molecule has 13 heavy (non-hydrogen) atoms. The first-order valence-electron chi connectivity index (χ1n) is 3.72. The number of anilines is 1. The van der Waals surface area contributed by atoms with E-state index in [0.29, 0.717) is 11.3 Å². The molecule has 0 heterocycles. The normalized spacial score (nSPS) is 12.5. The summed E-state index contributed by atoms with van der Waals surface area (Å²) in [7, 11) is 0. The van der Waals surface area contributed by atoms with E-state index < -0.39 is 5.38 Å². The second-order valence-electron chi connectivity index (χ2n) is 2.75. The number of ketones is 1. The van der Waals surface area contributed by atoms with E-state index in [1.165, 1.54) is 6.92 Å². The predicted octanol–water partition coefficient (Wildman–Crippen LogP) is 2.90. The molecule has 0 spiro atoms. The van der Waals surface area contributed by atoms with E-state index in [1.807, 2.05) is 0 Å². The van der Waals surface area contributed by atoms with Crippen LogP contribution in [0.4, 0.5) is 5.69 Å². The summed E-state index contributed by atoms with van der Waals surface area (Å²) in [6.07, 6.45) is 0. The standard InChI is InChI=1S/C9H9BrClNO/c1-5(13)9(11)7-4-6(12)2-3-8(7)10/h2-4,9H,12H2,1H3. The molecule has 70 valence electrons. The summed E-state index contributed by atoms with van der Waals surface area (Å²) in [5.41, 5.74) is 6.89. The number of carbonyl (C=O) groups excluding carboxylic acids is 1. The minimum absolute atomic E-state index is 0.0898. The molecule has 1 rings (SSSR count). The predicted molar refractivity (Wildman–Crippen MR) is 57.8 cm³/mol. The summed E-state index contributed by atoms with van der Waals surface area (Å²) in [6.45, 7) is 1.45. The Morgan fingerprint density at radius 1 is 1.62 bits per heavy atom. The number of Topliss-reactive ketones (excluding diaryl/α,β-unsaturated/α-hetero) is 1. The van der Waals surface area contributed by atoms with Crippen LogP contribution < -0.4 is 5.73 Å². The molecule has 0 amide bonds. The number of halogens is 2. The van der Waals surface area contributed by atoms with Crippen molar-refractivity contribution in [2.45, 2.75) is 12.3 Å². The number of nitrogens with two attached hydrogens (primary N) is 1. The van der Waals surface area contributed by atoms with E-state index in [-0.39, 0.29) is 5.78 Å². The van der Waals surface area contributed by atoms with Gasteiger partial charge < -0.3 is 5.73 Å². The van der Waals surface area contributed by atoms with Crippen LogP contribution in [0.2, 0.25) is 0 Å². The molecule has 0 aliphatic carbocycles. The minimum atomic E-state index is -0.627. The zero-order valence-corrected chi connectivity index (χ0v) is 9.39. The lowest BCUT2D eigenvalue weighted by atomic mass is 10.1. The largest absolute Gasteiger partial charge is 0.399 e. The van der Waals surface area contributed by atoms with Crippen LogP contribution in [0.15, 0.2) is 22.7 Å². The van der Waals surface area contributed by atoms with Crippen molar-refractivity contribution >= 4 is 39.0 Å². The van der Waals surface area contributed by atoms with Gasteiger partial charge in [-0.2, -0.15) is 0 Å². The number of carbonyl (C=O) groups is 1. The maximum absolute atomic E-state index is 11.0. The van der Waals surface area contributed by atoms with Gasteiger partial charge >= 0.3 is 0 Å². The van der Waals surface area contributed by atoms with Crippen molar-refractivity contribution in [1.82, 2.24) is 0 Å². The molecule has 2 N–H and O–H groups in total.